The minimum Gasteiger partial charge on any atom is -0.458 e. The molecule has 0 spiro atoms. The largest absolute Gasteiger partial charge is 0.458 e. The normalized spacial score (nSPS) is 19.8. The Labute approximate surface area is 123 Å². The maximum atomic E-state index is 11.9. The number of carbonyl (C=O) groups is 1. The Hall–Kier alpha value is -1.01. The minimum absolute atomic E-state index is 0.102. The Balaban J connectivity index is 1.98. The first-order valence-electron chi connectivity index (χ1n) is 6.51. The van der Waals surface area contributed by atoms with Crippen LogP contribution in [0.3, 0.4) is 0 Å². The fourth-order valence-corrected chi connectivity index (χ4v) is 3.06. The van der Waals surface area contributed by atoms with E-state index in [0.717, 1.165) is 25.7 Å². The number of nitrogens with one attached hydrogen (secondary N) is 1. The van der Waals surface area contributed by atoms with Crippen LogP contribution in [0.4, 0.5) is 0 Å². The molecule has 20 heavy (non-hydrogen) atoms. The first-order valence-corrected chi connectivity index (χ1v) is 8.82. The molecule has 1 aliphatic carbocycles. The van der Waals surface area contributed by atoms with Crippen LogP contribution in [0.15, 0.2) is 17.2 Å². The molecule has 0 saturated heterocycles. The Bertz CT molecular complexity index is 596. The molecule has 1 N–H and O–H groups in total. The molecule has 0 amide bonds. The van der Waals surface area contributed by atoms with Gasteiger partial charge in [0.15, 0.2) is 0 Å². The second kappa shape index (κ2) is 5.41. The van der Waals surface area contributed by atoms with Gasteiger partial charge in [-0.3, -0.25) is 0 Å². The Morgan fingerprint density at radius 3 is 2.50 bits per heavy atom. The van der Waals surface area contributed by atoms with Gasteiger partial charge in [0.25, 0.3) is 9.05 Å². The van der Waals surface area contributed by atoms with Crippen molar-refractivity contribution in [3.05, 3.63) is 18.0 Å². The van der Waals surface area contributed by atoms with Gasteiger partial charge in [-0.15, -0.1) is 0 Å². The molecular formula is C13H18ClNO4S. The van der Waals surface area contributed by atoms with Gasteiger partial charge < -0.3 is 9.72 Å². The summed E-state index contributed by atoms with van der Waals surface area (Å²) >= 11 is 0. The summed E-state index contributed by atoms with van der Waals surface area (Å²) in [4.78, 5) is 14.4. The zero-order valence-corrected chi connectivity index (χ0v) is 13.1. The van der Waals surface area contributed by atoms with E-state index >= 15 is 0 Å². The first kappa shape index (κ1) is 15.4. The van der Waals surface area contributed by atoms with Crippen LogP contribution in [0.1, 0.15) is 50.0 Å². The lowest BCUT2D eigenvalue weighted by molar-refractivity contribution is 0.00897. The molecule has 1 saturated carbocycles. The number of ether oxygens (including phenoxy) is 1. The standard InChI is InChI=1S/C13H18ClNO4S/c1-13(2)5-3-9(4-6-13)19-12(16)11-7-10(8-15-11)20(14,17)18/h7-9,15H,3-6H2,1-2H3. The summed E-state index contributed by atoms with van der Waals surface area (Å²) in [6, 6.07) is 1.19. The van der Waals surface area contributed by atoms with Gasteiger partial charge in [-0.25, -0.2) is 13.2 Å². The summed E-state index contributed by atoms with van der Waals surface area (Å²) in [7, 11) is 1.37. The van der Waals surface area contributed by atoms with E-state index in [1.54, 1.807) is 0 Å². The summed E-state index contributed by atoms with van der Waals surface area (Å²) in [5.41, 5.74) is 0.406. The van der Waals surface area contributed by atoms with Gasteiger partial charge >= 0.3 is 5.97 Å². The molecule has 1 heterocycles. The monoisotopic (exact) mass is 319 g/mol. The zero-order valence-electron chi connectivity index (χ0n) is 11.5. The molecule has 5 nitrogen and oxygen atoms in total. The van der Waals surface area contributed by atoms with Crippen LogP contribution in [-0.2, 0) is 13.8 Å². The van der Waals surface area contributed by atoms with Crippen LogP contribution in [0.5, 0.6) is 0 Å². The highest BCUT2D eigenvalue weighted by molar-refractivity contribution is 8.13. The van der Waals surface area contributed by atoms with Crippen LogP contribution < -0.4 is 0 Å². The molecule has 0 bridgehead atoms. The van der Waals surface area contributed by atoms with Gasteiger partial charge in [-0.1, -0.05) is 13.8 Å². The van der Waals surface area contributed by atoms with Crippen LogP contribution in [0.2, 0.25) is 0 Å². The van der Waals surface area contributed by atoms with Gasteiger partial charge in [0.1, 0.15) is 16.7 Å². The highest BCUT2D eigenvalue weighted by atomic mass is 35.7. The van der Waals surface area contributed by atoms with Crippen molar-refractivity contribution in [2.45, 2.75) is 50.5 Å². The minimum atomic E-state index is -3.83. The van der Waals surface area contributed by atoms with E-state index in [4.69, 9.17) is 15.4 Å². The van der Waals surface area contributed by atoms with Gasteiger partial charge in [0, 0.05) is 16.9 Å². The topological polar surface area (TPSA) is 76.2 Å². The summed E-state index contributed by atoms with van der Waals surface area (Å²) in [6.45, 7) is 4.40. The summed E-state index contributed by atoms with van der Waals surface area (Å²) < 4.78 is 27.6. The third kappa shape index (κ3) is 3.76. The second-order valence-corrected chi connectivity index (χ2v) is 8.52. The third-order valence-corrected chi connectivity index (χ3v) is 5.05. The number of hydrogen-bond acceptors (Lipinski definition) is 4. The fourth-order valence-electron chi connectivity index (χ4n) is 2.34. The highest BCUT2D eigenvalue weighted by Gasteiger charge is 2.29. The molecule has 0 radical (unpaired) electrons. The second-order valence-electron chi connectivity index (χ2n) is 5.96. The Morgan fingerprint density at radius 2 is 2.00 bits per heavy atom. The lowest BCUT2D eigenvalue weighted by atomic mass is 9.76. The number of esters is 1. The fraction of sp³-hybridized carbons (Fsp3) is 0.615. The van der Waals surface area contributed by atoms with Crippen LogP contribution >= 0.6 is 10.7 Å². The lowest BCUT2D eigenvalue weighted by Gasteiger charge is -2.33. The van der Waals surface area contributed by atoms with Gasteiger partial charge in [-0.05, 0) is 37.2 Å². The number of aromatic nitrogens is 1. The quantitative estimate of drug-likeness (QED) is 0.686. The van der Waals surface area contributed by atoms with E-state index in [0.29, 0.717) is 5.41 Å². The number of rotatable bonds is 3. The third-order valence-electron chi connectivity index (χ3n) is 3.72. The number of carbonyl (C=O) groups excluding carboxylic acids is 1. The summed E-state index contributed by atoms with van der Waals surface area (Å²) in [6.07, 6.45) is 4.77. The first-order chi connectivity index (χ1) is 9.17. The predicted molar refractivity (Wildman–Crippen MR) is 75.3 cm³/mol. The smallest absolute Gasteiger partial charge is 0.355 e. The molecule has 2 rings (SSSR count). The Morgan fingerprint density at radius 1 is 1.40 bits per heavy atom. The number of aromatic amines is 1. The molecule has 112 valence electrons. The zero-order chi connectivity index (χ0) is 15.0. The van der Waals surface area contributed by atoms with Crippen LogP contribution in [0, 0.1) is 5.41 Å². The molecule has 0 unspecified atom stereocenters. The molecule has 0 atom stereocenters. The van der Waals surface area contributed by atoms with E-state index in [1.165, 1.54) is 12.3 Å². The predicted octanol–water partition coefficient (Wildman–Crippen LogP) is 3.07. The lowest BCUT2D eigenvalue weighted by Crippen LogP contribution is -2.28. The molecule has 1 aromatic rings. The molecule has 0 aromatic carbocycles. The molecular weight excluding hydrogens is 302 g/mol. The molecule has 1 fully saturated rings. The van der Waals surface area contributed by atoms with Gasteiger partial charge in [-0.2, -0.15) is 0 Å². The van der Waals surface area contributed by atoms with Crippen molar-refractivity contribution in [2.75, 3.05) is 0 Å². The summed E-state index contributed by atoms with van der Waals surface area (Å²) in [5, 5.41) is 0. The van der Waals surface area contributed by atoms with E-state index in [9.17, 15) is 13.2 Å². The van der Waals surface area contributed by atoms with E-state index in [2.05, 4.69) is 18.8 Å². The average Bonchev–Trinajstić information content (AvgIpc) is 2.81. The van der Waals surface area contributed by atoms with Gasteiger partial charge in [0.2, 0.25) is 0 Å². The molecule has 1 aliphatic rings. The molecule has 7 heteroatoms. The van der Waals surface area contributed by atoms with Crippen molar-refractivity contribution in [1.29, 1.82) is 0 Å². The summed E-state index contributed by atoms with van der Waals surface area (Å²) in [5.74, 6) is -0.540. The number of hydrogen-bond donors (Lipinski definition) is 1. The number of H-pyrrole nitrogens is 1. The van der Waals surface area contributed by atoms with Gasteiger partial charge in [0.05, 0.1) is 0 Å². The van der Waals surface area contributed by atoms with Crippen LogP contribution in [-0.4, -0.2) is 25.5 Å². The van der Waals surface area contributed by atoms with Crippen LogP contribution in [0.25, 0.3) is 0 Å². The van der Waals surface area contributed by atoms with E-state index in [1.807, 2.05) is 0 Å². The Kier molecular flexibility index (Phi) is 4.16. The van der Waals surface area contributed by atoms with Crippen molar-refractivity contribution >= 4 is 25.7 Å². The van der Waals surface area contributed by atoms with Crippen molar-refractivity contribution in [3.8, 4) is 0 Å². The maximum Gasteiger partial charge on any atom is 0.355 e. The number of halogens is 1. The van der Waals surface area contributed by atoms with Crippen molar-refractivity contribution < 1.29 is 17.9 Å². The van der Waals surface area contributed by atoms with E-state index < -0.39 is 15.0 Å². The average molecular weight is 320 g/mol. The van der Waals surface area contributed by atoms with Crippen molar-refractivity contribution in [2.24, 2.45) is 5.41 Å². The highest BCUT2D eigenvalue weighted by Crippen LogP contribution is 2.36. The van der Waals surface area contributed by atoms with Crippen molar-refractivity contribution in [3.63, 3.8) is 0 Å². The SMILES string of the molecule is CC1(C)CCC(OC(=O)c2cc(S(=O)(=O)Cl)c[nH]2)CC1. The molecule has 0 aliphatic heterocycles. The van der Waals surface area contributed by atoms with E-state index in [-0.39, 0.29) is 16.7 Å². The molecule has 1 aromatic heterocycles. The van der Waals surface area contributed by atoms with Crippen molar-refractivity contribution in [1.82, 2.24) is 4.98 Å². The maximum absolute atomic E-state index is 11.9.